The highest BCUT2D eigenvalue weighted by molar-refractivity contribution is 5.90. The van der Waals surface area contributed by atoms with Crippen LogP contribution in [0.5, 0.6) is 0 Å². The number of amides is 2. The quantitative estimate of drug-likeness (QED) is 0.660. The fourth-order valence-electron chi connectivity index (χ4n) is 3.25. The number of carbonyl (C=O) groups excluding carboxylic acids is 2. The summed E-state index contributed by atoms with van der Waals surface area (Å²) in [7, 11) is 1.22. The van der Waals surface area contributed by atoms with E-state index in [-0.39, 0.29) is 35.7 Å². The average Bonchev–Trinajstić information content (AvgIpc) is 3.41. The molecule has 1 atom stereocenters. The van der Waals surface area contributed by atoms with E-state index in [2.05, 4.69) is 15.0 Å². The number of alkyl carbamates (subject to hydrolysis) is 1. The van der Waals surface area contributed by atoms with Gasteiger partial charge in [0, 0.05) is 5.56 Å². The van der Waals surface area contributed by atoms with Crippen molar-refractivity contribution in [2.75, 3.05) is 25.1 Å². The first-order valence-electron chi connectivity index (χ1n) is 9.24. The number of cyclic esters (lactones) is 1. The number of carbonyl (C=O) groups is 2. The van der Waals surface area contributed by atoms with Crippen LogP contribution in [0.3, 0.4) is 0 Å². The topological polar surface area (TPSA) is 93.9 Å². The molecule has 2 amide bonds. The normalized spacial score (nSPS) is 15.6. The number of hydrogen-bond acceptors (Lipinski definition) is 6. The molecule has 0 bridgehead atoms. The van der Waals surface area contributed by atoms with Crippen LogP contribution in [-0.2, 0) is 9.47 Å². The van der Waals surface area contributed by atoms with Crippen LogP contribution in [0.4, 0.5) is 24.1 Å². The number of methoxy groups -OCH3 is 1. The zero-order valence-electron chi connectivity index (χ0n) is 16.3. The van der Waals surface area contributed by atoms with Crippen molar-refractivity contribution >= 4 is 17.9 Å². The van der Waals surface area contributed by atoms with Crippen molar-refractivity contribution < 1.29 is 32.3 Å². The van der Waals surface area contributed by atoms with Crippen LogP contribution < -0.4 is 10.2 Å². The van der Waals surface area contributed by atoms with Crippen molar-refractivity contribution in [3.63, 3.8) is 0 Å². The zero-order valence-corrected chi connectivity index (χ0v) is 16.3. The first kappa shape index (κ1) is 20.3. The molecule has 10 heteroatoms. The number of oxazole rings is 1. The van der Waals surface area contributed by atoms with Gasteiger partial charge in [0.1, 0.15) is 17.7 Å². The lowest BCUT2D eigenvalue weighted by atomic mass is 10.0. The minimum Gasteiger partial charge on any atom is -0.453 e. The number of aromatic nitrogens is 1. The molecule has 1 aliphatic heterocycles. The number of hydrogen-bond donors (Lipinski definition) is 1. The largest absolute Gasteiger partial charge is 0.453 e. The van der Waals surface area contributed by atoms with Gasteiger partial charge in [0.2, 0.25) is 0 Å². The second-order valence-electron chi connectivity index (χ2n) is 6.71. The van der Waals surface area contributed by atoms with E-state index in [0.29, 0.717) is 5.56 Å². The highest BCUT2D eigenvalue weighted by atomic mass is 19.1. The molecular weight excluding hydrogens is 412 g/mol. The lowest BCUT2D eigenvalue weighted by Gasteiger charge is -2.15. The predicted molar refractivity (Wildman–Crippen MR) is 105 cm³/mol. The van der Waals surface area contributed by atoms with E-state index in [0.717, 1.165) is 0 Å². The van der Waals surface area contributed by atoms with Crippen molar-refractivity contribution in [2.45, 2.75) is 6.10 Å². The van der Waals surface area contributed by atoms with Crippen molar-refractivity contribution in [3.8, 4) is 22.5 Å². The van der Waals surface area contributed by atoms with Crippen LogP contribution >= 0.6 is 0 Å². The van der Waals surface area contributed by atoms with Gasteiger partial charge in [-0.25, -0.2) is 23.4 Å². The Hall–Kier alpha value is -3.95. The van der Waals surface area contributed by atoms with Gasteiger partial charge < -0.3 is 19.2 Å². The Morgan fingerprint density at radius 1 is 1.23 bits per heavy atom. The van der Waals surface area contributed by atoms with Gasteiger partial charge >= 0.3 is 12.2 Å². The Balaban J connectivity index is 1.52. The smallest absolute Gasteiger partial charge is 0.414 e. The molecule has 3 aromatic rings. The van der Waals surface area contributed by atoms with E-state index < -0.39 is 29.9 Å². The fraction of sp³-hybridized carbons (Fsp3) is 0.190. The maximum absolute atomic E-state index is 14.8. The monoisotopic (exact) mass is 429 g/mol. The molecule has 8 nitrogen and oxygen atoms in total. The van der Waals surface area contributed by atoms with Gasteiger partial charge in [-0.2, -0.15) is 0 Å². The molecule has 0 radical (unpaired) electrons. The Morgan fingerprint density at radius 3 is 2.68 bits per heavy atom. The molecule has 160 valence electrons. The number of nitrogens with zero attached hydrogens (tertiary/aromatic N) is 2. The summed E-state index contributed by atoms with van der Waals surface area (Å²) >= 11 is 0. The van der Waals surface area contributed by atoms with E-state index in [1.165, 1.54) is 54.9 Å². The Labute approximate surface area is 175 Å². The number of halogens is 2. The van der Waals surface area contributed by atoms with E-state index in [1.54, 1.807) is 6.07 Å². The van der Waals surface area contributed by atoms with Crippen LogP contribution in [0, 0.1) is 11.6 Å². The molecule has 0 saturated carbocycles. The third-order valence-corrected chi connectivity index (χ3v) is 4.78. The summed E-state index contributed by atoms with van der Waals surface area (Å²) in [5.74, 6) is -0.946. The summed E-state index contributed by atoms with van der Waals surface area (Å²) in [5.41, 5.74) is 0.993. The predicted octanol–water partition coefficient (Wildman–Crippen LogP) is 3.97. The van der Waals surface area contributed by atoms with Gasteiger partial charge in [-0.05, 0) is 35.9 Å². The zero-order chi connectivity index (χ0) is 22.0. The van der Waals surface area contributed by atoms with Crippen molar-refractivity contribution in [2.24, 2.45) is 0 Å². The van der Waals surface area contributed by atoms with Gasteiger partial charge in [0.05, 0.1) is 37.6 Å². The maximum atomic E-state index is 14.8. The molecule has 2 aromatic carbocycles. The third kappa shape index (κ3) is 4.18. The van der Waals surface area contributed by atoms with E-state index in [9.17, 15) is 18.4 Å². The van der Waals surface area contributed by atoms with Crippen molar-refractivity contribution in [1.29, 1.82) is 0 Å². The van der Waals surface area contributed by atoms with Gasteiger partial charge in [-0.1, -0.05) is 6.07 Å². The molecule has 1 fully saturated rings. The second-order valence-corrected chi connectivity index (χ2v) is 6.71. The minimum absolute atomic E-state index is 0.0618. The molecule has 1 saturated heterocycles. The number of rotatable bonds is 5. The summed E-state index contributed by atoms with van der Waals surface area (Å²) in [5, 5.41) is 2.44. The average molecular weight is 429 g/mol. The number of ether oxygens (including phenoxy) is 2. The summed E-state index contributed by atoms with van der Waals surface area (Å²) in [6, 6.07) is 8.43. The summed E-state index contributed by atoms with van der Waals surface area (Å²) in [4.78, 5) is 28.3. The minimum atomic E-state index is -0.661. The van der Waals surface area contributed by atoms with Crippen LogP contribution in [0.15, 0.2) is 53.4 Å². The molecule has 1 aliphatic rings. The van der Waals surface area contributed by atoms with Crippen LogP contribution in [0.2, 0.25) is 0 Å². The van der Waals surface area contributed by atoms with E-state index in [4.69, 9.17) is 9.15 Å². The molecule has 0 spiro atoms. The Kier molecular flexibility index (Phi) is 5.52. The molecule has 1 aromatic heterocycles. The fourth-order valence-corrected chi connectivity index (χ4v) is 3.25. The van der Waals surface area contributed by atoms with Crippen LogP contribution in [-0.4, -0.2) is 43.5 Å². The summed E-state index contributed by atoms with van der Waals surface area (Å²) in [6.07, 6.45) is 0.668. The summed E-state index contributed by atoms with van der Waals surface area (Å²) < 4.78 is 44.0. The molecule has 0 unspecified atom stereocenters. The molecular formula is C21H17F2N3O5. The van der Waals surface area contributed by atoms with E-state index >= 15 is 0 Å². The lowest BCUT2D eigenvalue weighted by Crippen LogP contribution is -2.34. The Bertz CT molecular complexity index is 1120. The van der Waals surface area contributed by atoms with Gasteiger partial charge in [-0.15, -0.1) is 0 Å². The second kappa shape index (κ2) is 8.42. The highest BCUT2D eigenvalue weighted by Crippen LogP contribution is 2.32. The van der Waals surface area contributed by atoms with Gasteiger partial charge in [0.25, 0.3) is 0 Å². The molecule has 4 rings (SSSR count). The van der Waals surface area contributed by atoms with E-state index in [1.807, 2.05) is 0 Å². The first-order valence-corrected chi connectivity index (χ1v) is 9.24. The lowest BCUT2D eigenvalue weighted by molar-refractivity contribution is 0.132. The molecule has 1 N–H and O–H groups in total. The van der Waals surface area contributed by atoms with Crippen molar-refractivity contribution in [3.05, 3.63) is 60.6 Å². The number of nitrogens with one attached hydrogen (secondary N) is 1. The molecule has 31 heavy (non-hydrogen) atoms. The van der Waals surface area contributed by atoms with Crippen molar-refractivity contribution in [1.82, 2.24) is 10.3 Å². The first-order chi connectivity index (χ1) is 15.0. The summed E-state index contributed by atoms with van der Waals surface area (Å²) in [6.45, 7) is 0.189. The standard InChI is InChI=1S/C21H17F2N3O5/c1-29-20(27)25-8-14-10-26(21(28)31-14)13-3-5-15(18(23)7-13)12-2-4-16(17(22)6-12)19-9-24-11-30-19/h2-7,9,11,14H,8,10H2,1H3,(H,25,27)/t14-/m0/s1. The highest BCUT2D eigenvalue weighted by Gasteiger charge is 2.33. The SMILES string of the molecule is COC(=O)NC[C@H]1CN(c2ccc(-c3ccc(-c4cnco4)c(F)c3)c(F)c2)C(=O)O1. The maximum Gasteiger partial charge on any atom is 0.414 e. The van der Waals surface area contributed by atoms with Gasteiger partial charge in [0.15, 0.2) is 12.2 Å². The van der Waals surface area contributed by atoms with Gasteiger partial charge in [-0.3, -0.25) is 4.90 Å². The third-order valence-electron chi connectivity index (χ3n) is 4.78. The molecule has 0 aliphatic carbocycles. The van der Waals surface area contributed by atoms with Crippen LogP contribution in [0.25, 0.3) is 22.5 Å². The number of anilines is 1. The Morgan fingerprint density at radius 2 is 2.00 bits per heavy atom. The van der Waals surface area contributed by atoms with Crippen LogP contribution in [0.1, 0.15) is 0 Å². The molecule has 2 heterocycles. The number of benzene rings is 2.